The molecule has 0 fully saturated rings. The van der Waals surface area contributed by atoms with Crippen LogP contribution in [-0.4, -0.2) is 22.9 Å². The smallest absolute Gasteiger partial charge is 0.309 e. The lowest BCUT2D eigenvalue weighted by atomic mass is 10.1. The Hall–Kier alpha value is -3.35. The molecule has 0 saturated carbocycles. The van der Waals surface area contributed by atoms with E-state index < -0.39 is 5.91 Å². The molecule has 0 bridgehead atoms. The van der Waals surface area contributed by atoms with Gasteiger partial charge >= 0.3 is 11.8 Å². The van der Waals surface area contributed by atoms with Crippen LogP contribution in [-0.2, 0) is 6.54 Å². The average molecular weight is 337 g/mol. The minimum Gasteiger partial charge on any atom is -0.454 e. The van der Waals surface area contributed by atoms with Crippen molar-refractivity contribution in [2.75, 3.05) is 6.79 Å². The Morgan fingerprint density at radius 1 is 1.08 bits per heavy atom. The predicted octanol–water partition coefficient (Wildman–Crippen LogP) is 2.70. The number of fused-ring (bicyclic) bond motifs is 1. The molecule has 1 N–H and O–H groups in total. The third-order valence-electron chi connectivity index (χ3n) is 3.81. The van der Waals surface area contributed by atoms with Crippen molar-refractivity contribution in [3.05, 3.63) is 59.5 Å². The molecule has 0 atom stereocenters. The van der Waals surface area contributed by atoms with Gasteiger partial charge in [-0.3, -0.25) is 4.79 Å². The molecule has 2 heterocycles. The van der Waals surface area contributed by atoms with Crippen LogP contribution in [0.1, 0.15) is 21.8 Å². The number of hydrogen-bond donors (Lipinski definition) is 1. The number of nitrogens with zero attached hydrogens (tertiary/aromatic N) is 2. The van der Waals surface area contributed by atoms with Gasteiger partial charge < -0.3 is 19.2 Å². The van der Waals surface area contributed by atoms with Gasteiger partial charge in [0, 0.05) is 12.1 Å². The van der Waals surface area contributed by atoms with Crippen molar-refractivity contribution in [2.45, 2.75) is 13.5 Å². The Morgan fingerprint density at radius 2 is 1.88 bits per heavy atom. The van der Waals surface area contributed by atoms with Crippen molar-refractivity contribution in [1.82, 2.24) is 15.5 Å². The number of aromatic nitrogens is 2. The van der Waals surface area contributed by atoms with E-state index in [0.29, 0.717) is 23.6 Å². The molecule has 0 unspecified atom stereocenters. The van der Waals surface area contributed by atoms with Gasteiger partial charge in [0.05, 0.1) is 0 Å². The molecule has 0 spiro atoms. The normalized spacial score (nSPS) is 12.2. The molecular weight excluding hydrogens is 322 g/mol. The molecule has 0 saturated heterocycles. The highest BCUT2D eigenvalue weighted by molar-refractivity contribution is 5.89. The maximum Gasteiger partial charge on any atom is 0.309 e. The largest absolute Gasteiger partial charge is 0.454 e. The zero-order valence-electron chi connectivity index (χ0n) is 13.5. The topological polar surface area (TPSA) is 86.5 Å². The second kappa shape index (κ2) is 6.27. The fourth-order valence-electron chi connectivity index (χ4n) is 2.43. The van der Waals surface area contributed by atoms with Crippen LogP contribution in [0.2, 0.25) is 0 Å². The summed E-state index contributed by atoms with van der Waals surface area (Å²) in [6, 6.07) is 13.2. The summed E-state index contributed by atoms with van der Waals surface area (Å²) in [4.78, 5) is 12.2. The van der Waals surface area contributed by atoms with Gasteiger partial charge in [-0.15, -0.1) is 10.2 Å². The summed E-state index contributed by atoms with van der Waals surface area (Å²) in [6.07, 6.45) is 0. The second-order valence-electron chi connectivity index (χ2n) is 5.65. The van der Waals surface area contributed by atoms with Crippen LogP contribution >= 0.6 is 0 Å². The maximum absolute atomic E-state index is 12.2. The highest BCUT2D eigenvalue weighted by atomic mass is 16.7. The first kappa shape index (κ1) is 15.2. The van der Waals surface area contributed by atoms with Gasteiger partial charge in [-0.05, 0) is 30.7 Å². The Morgan fingerprint density at radius 3 is 2.72 bits per heavy atom. The van der Waals surface area contributed by atoms with Crippen LogP contribution < -0.4 is 14.8 Å². The first-order valence-corrected chi connectivity index (χ1v) is 7.76. The molecule has 4 rings (SSSR count). The van der Waals surface area contributed by atoms with Crippen LogP contribution in [0.4, 0.5) is 0 Å². The monoisotopic (exact) mass is 337 g/mol. The zero-order valence-corrected chi connectivity index (χ0v) is 13.5. The highest BCUT2D eigenvalue weighted by Crippen LogP contribution is 2.35. The molecule has 0 aliphatic carbocycles. The standard InChI is InChI=1S/C18H15N3O4/c1-11-2-4-12(5-3-11)9-19-16(22)18-21-20-17(25-18)13-6-7-14-15(8-13)24-10-23-14/h2-8H,9-10H2,1H3,(H,19,22). The summed E-state index contributed by atoms with van der Waals surface area (Å²) in [7, 11) is 0. The predicted molar refractivity (Wildman–Crippen MR) is 88.2 cm³/mol. The average Bonchev–Trinajstić information content (AvgIpc) is 3.29. The van der Waals surface area contributed by atoms with Crippen molar-refractivity contribution in [3.63, 3.8) is 0 Å². The fourth-order valence-corrected chi connectivity index (χ4v) is 2.43. The third kappa shape index (κ3) is 3.16. The van der Waals surface area contributed by atoms with Gasteiger partial charge in [0.2, 0.25) is 12.7 Å². The molecule has 7 heteroatoms. The number of rotatable bonds is 4. The molecule has 1 aliphatic heterocycles. The molecule has 1 aliphatic rings. The van der Waals surface area contributed by atoms with Crippen molar-refractivity contribution in [1.29, 1.82) is 0 Å². The highest BCUT2D eigenvalue weighted by Gasteiger charge is 2.19. The van der Waals surface area contributed by atoms with Crippen LogP contribution in [0.5, 0.6) is 11.5 Å². The fraction of sp³-hybridized carbons (Fsp3) is 0.167. The molecule has 7 nitrogen and oxygen atoms in total. The minimum absolute atomic E-state index is 0.0835. The molecule has 126 valence electrons. The lowest BCUT2D eigenvalue weighted by Gasteiger charge is -2.03. The van der Waals surface area contributed by atoms with Crippen LogP contribution in [0.15, 0.2) is 46.9 Å². The van der Waals surface area contributed by atoms with Gasteiger partial charge in [-0.25, -0.2) is 0 Å². The minimum atomic E-state index is -0.417. The van der Waals surface area contributed by atoms with E-state index in [0.717, 1.165) is 5.56 Å². The molecular formula is C18H15N3O4. The zero-order chi connectivity index (χ0) is 17.2. The van der Waals surface area contributed by atoms with Crippen molar-refractivity contribution < 1.29 is 18.7 Å². The van der Waals surface area contributed by atoms with E-state index in [1.165, 1.54) is 5.56 Å². The Kier molecular flexibility index (Phi) is 3.81. The van der Waals surface area contributed by atoms with Gasteiger partial charge in [-0.2, -0.15) is 0 Å². The number of carbonyl (C=O) groups excluding carboxylic acids is 1. The van der Waals surface area contributed by atoms with E-state index in [2.05, 4.69) is 15.5 Å². The van der Waals surface area contributed by atoms with E-state index in [-0.39, 0.29) is 18.6 Å². The maximum atomic E-state index is 12.2. The Labute approximate surface area is 143 Å². The van der Waals surface area contributed by atoms with E-state index in [1.54, 1.807) is 18.2 Å². The summed E-state index contributed by atoms with van der Waals surface area (Å²) in [5.41, 5.74) is 2.82. The second-order valence-corrected chi connectivity index (χ2v) is 5.65. The molecule has 1 amide bonds. The van der Waals surface area contributed by atoms with Gasteiger partial charge in [0.15, 0.2) is 11.5 Å². The molecule has 1 aromatic heterocycles. The Bertz CT molecular complexity index is 918. The molecule has 2 aromatic carbocycles. The molecule has 0 radical (unpaired) electrons. The summed E-state index contributed by atoms with van der Waals surface area (Å²) in [5.74, 6) is 1.03. The van der Waals surface area contributed by atoms with Crippen LogP contribution in [0.3, 0.4) is 0 Å². The van der Waals surface area contributed by atoms with E-state index in [4.69, 9.17) is 13.9 Å². The lowest BCUT2D eigenvalue weighted by molar-refractivity contribution is 0.0917. The number of nitrogens with one attached hydrogen (secondary N) is 1. The SMILES string of the molecule is Cc1ccc(CNC(=O)c2nnc(-c3ccc4c(c3)OCO4)o2)cc1. The molecule has 25 heavy (non-hydrogen) atoms. The van der Waals surface area contributed by atoms with Crippen LogP contribution in [0.25, 0.3) is 11.5 Å². The molecule has 3 aromatic rings. The van der Waals surface area contributed by atoms with E-state index >= 15 is 0 Å². The number of hydrogen-bond acceptors (Lipinski definition) is 6. The number of ether oxygens (including phenoxy) is 2. The quantitative estimate of drug-likeness (QED) is 0.788. The summed E-state index contributed by atoms with van der Waals surface area (Å²) < 4.78 is 16.0. The number of benzene rings is 2. The number of aryl methyl sites for hydroxylation is 1. The van der Waals surface area contributed by atoms with Crippen molar-refractivity contribution >= 4 is 5.91 Å². The van der Waals surface area contributed by atoms with E-state index in [1.807, 2.05) is 31.2 Å². The lowest BCUT2D eigenvalue weighted by Crippen LogP contribution is -2.23. The van der Waals surface area contributed by atoms with Crippen LogP contribution in [0, 0.1) is 6.92 Å². The first-order chi connectivity index (χ1) is 12.2. The third-order valence-corrected chi connectivity index (χ3v) is 3.81. The first-order valence-electron chi connectivity index (χ1n) is 7.76. The number of carbonyl (C=O) groups is 1. The van der Waals surface area contributed by atoms with Gasteiger partial charge in [0.25, 0.3) is 0 Å². The van der Waals surface area contributed by atoms with E-state index in [9.17, 15) is 4.79 Å². The summed E-state index contributed by atoms with van der Waals surface area (Å²) in [5, 5.41) is 10.5. The number of amides is 1. The van der Waals surface area contributed by atoms with Crippen molar-refractivity contribution in [2.24, 2.45) is 0 Å². The summed E-state index contributed by atoms with van der Waals surface area (Å²) in [6.45, 7) is 2.59. The summed E-state index contributed by atoms with van der Waals surface area (Å²) >= 11 is 0. The Balaban J connectivity index is 1.45. The van der Waals surface area contributed by atoms with Gasteiger partial charge in [0.1, 0.15) is 0 Å². The van der Waals surface area contributed by atoms with Gasteiger partial charge in [-0.1, -0.05) is 29.8 Å². The van der Waals surface area contributed by atoms with Crippen molar-refractivity contribution in [3.8, 4) is 23.0 Å².